The maximum atomic E-state index is 12.6. The number of guanidine groups is 1. The van der Waals surface area contributed by atoms with Crippen LogP contribution < -0.4 is 44.6 Å². The van der Waals surface area contributed by atoms with E-state index in [0.717, 1.165) is 0 Å². The van der Waals surface area contributed by atoms with Gasteiger partial charge < -0.3 is 49.7 Å². The molecule has 0 saturated carbocycles. The van der Waals surface area contributed by atoms with Crippen LogP contribution in [0.25, 0.3) is 0 Å². The van der Waals surface area contributed by atoms with Crippen molar-refractivity contribution in [2.24, 2.45) is 33.7 Å². The van der Waals surface area contributed by atoms with Gasteiger partial charge in [-0.3, -0.25) is 29.0 Å². The molecule has 16 nitrogen and oxygen atoms in total. The molecule has 192 valence electrons. The molecule has 5 amide bonds. The molecule has 0 aliphatic rings. The van der Waals surface area contributed by atoms with Gasteiger partial charge in [-0.25, -0.2) is 4.79 Å². The number of carbonyl (C=O) groups excluding carboxylic acids is 5. The van der Waals surface area contributed by atoms with Crippen molar-refractivity contribution in [3.05, 3.63) is 0 Å². The number of carboxylic acids is 1. The maximum Gasteiger partial charge on any atom is 0.326 e. The lowest BCUT2D eigenvalue weighted by Crippen LogP contribution is -2.58. The quantitative estimate of drug-likeness (QED) is 0.0410. The Kier molecular flexibility index (Phi) is 13.7. The molecule has 14 N–H and O–H groups in total. The van der Waals surface area contributed by atoms with Gasteiger partial charge >= 0.3 is 5.97 Å². The summed E-state index contributed by atoms with van der Waals surface area (Å²) in [5, 5.41) is 15.7. The van der Waals surface area contributed by atoms with Crippen LogP contribution in [0.1, 0.15) is 25.7 Å². The lowest BCUT2D eigenvalue weighted by molar-refractivity contribution is -0.143. The number of nitrogens with two attached hydrogens (primary N) is 5. The van der Waals surface area contributed by atoms with Crippen molar-refractivity contribution in [1.82, 2.24) is 16.0 Å². The number of primary amides is 2. The topological polar surface area (TPSA) is 301 Å². The molecule has 0 heterocycles. The predicted octanol–water partition coefficient (Wildman–Crippen LogP) is -5.41. The smallest absolute Gasteiger partial charge is 0.326 e. The number of thiol groups is 1. The summed E-state index contributed by atoms with van der Waals surface area (Å²) in [6.45, 7) is 0.223. The van der Waals surface area contributed by atoms with E-state index in [-0.39, 0.29) is 24.7 Å². The average Bonchev–Trinajstić information content (AvgIpc) is 2.72. The van der Waals surface area contributed by atoms with Crippen LogP contribution in [-0.4, -0.2) is 83.0 Å². The molecule has 0 fully saturated rings. The first-order valence-electron chi connectivity index (χ1n) is 9.90. The van der Waals surface area contributed by atoms with E-state index < -0.39 is 72.5 Å². The second-order valence-corrected chi connectivity index (χ2v) is 7.47. The van der Waals surface area contributed by atoms with E-state index in [9.17, 15) is 28.8 Å². The van der Waals surface area contributed by atoms with Gasteiger partial charge in [0.05, 0.1) is 18.9 Å². The molecule has 0 aliphatic heterocycles. The fourth-order valence-electron chi connectivity index (χ4n) is 2.48. The number of aliphatic imine (C=N–C) groups is 1. The second-order valence-electron chi connectivity index (χ2n) is 7.10. The first kappa shape index (κ1) is 30.4. The van der Waals surface area contributed by atoms with Crippen molar-refractivity contribution in [3.63, 3.8) is 0 Å². The van der Waals surface area contributed by atoms with Crippen LogP contribution in [0.4, 0.5) is 0 Å². The summed E-state index contributed by atoms with van der Waals surface area (Å²) in [6.07, 6.45) is -0.781. The first-order chi connectivity index (χ1) is 15.8. The van der Waals surface area contributed by atoms with Gasteiger partial charge in [0.15, 0.2) is 5.96 Å². The monoisotopic (exact) mass is 505 g/mol. The van der Waals surface area contributed by atoms with Crippen molar-refractivity contribution in [2.45, 2.75) is 49.9 Å². The third-order valence-corrected chi connectivity index (χ3v) is 4.54. The van der Waals surface area contributed by atoms with E-state index in [1.165, 1.54) is 0 Å². The van der Waals surface area contributed by atoms with Crippen LogP contribution in [-0.2, 0) is 28.8 Å². The molecule has 0 aromatic rings. The summed E-state index contributed by atoms with van der Waals surface area (Å²) >= 11 is 3.93. The summed E-state index contributed by atoms with van der Waals surface area (Å²) in [5.41, 5.74) is 26.3. The highest BCUT2D eigenvalue weighted by Gasteiger charge is 2.31. The van der Waals surface area contributed by atoms with Gasteiger partial charge in [0, 0.05) is 12.3 Å². The molecule has 4 atom stereocenters. The van der Waals surface area contributed by atoms with Crippen LogP contribution >= 0.6 is 12.6 Å². The molecule has 0 aromatic heterocycles. The average molecular weight is 506 g/mol. The predicted molar refractivity (Wildman–Crippen MR) is 123 cm³/mol. The summed E-state index contributed by atoms with van der Waals surface area (Å²) < 4.78 is 0. The summed E-state index contributed by atoms with van der Waals surface area (Å²) in [6, 6.07) is -5.57. The summed E-state index contributed by atoms with van der Waals surface area (Å²) in [7, 11) is 0. The third kappa shape index (κ3) is 12.4. The second kappa shape index (κ2) is 15.3. The fraction of sp³-hybridized carbons (Fsp3) is 0.588. The Bertz CT molecular complexity index is 804. The van der Waals surface area contributed by atoms with E-state index >= 15 is 0 Å². The van der Waals surface area contributed by atoms with Crippen LogP contribution in [0.5, 0.6) is 0 Å². The summed E-state index contributed by atoms with van der Waals surface area (Å²) in [4.78, 5) is 74.6. The number of carbonyl (C=O) groups is 6. The van der Waals surface area contributed by atoms with Crippen molar-refractivity contribution < 1.29 is 33.9 Å². The fourth-order valence-corrected chi connectivity index (χ4v) is 2.74. The minimum absolute atomic E-state index is 0.122. The molecule has 0 bridgehead atoms. The van der Waals surface area contributed by atoms with E-state index in [1.807, 2.05) is 5.32 Å². The molecule has 0 spiro atoms. The molecule has 0 saturated heterocycles. The van der Waals surface area contributed by atoms with Gasteiger partial charge in [-0.2, -0.15) is 12.6 Å². The third-order valence-electron chi connectivity index (χ3n) is 4.18. The molecular formula is C17H31N9O7S. The Morgan fingerprint density at radius 1 is 0.794 bits per heavy atom. The molecule has 4 unspecified atom stereocenters. The number of nitrogens with zero attached hydrogens (tertiary/aromatic N) is 1. The van der Waals surface area contributed by atoms with Crippen molar-refractivity contribution in [1.29, 1.82) is 0 Å². The number of carboxylic acid groups (broad SMARTS) is 1. The van der Waals surface area contributed by atoms with Crippen LogP contribution in [0.2, 0.25) is 0 Å². The minimum atomic E-state index is -1.64. The number of nitrogens with one attached hydrogen (secondary N) is 3. The number of hydrogen-bond donors (Lipinski definition) is 10. The normalized spacial score (nSPS) is 13.9. The first-order valence-corrected chi connectivity index (χ1v) is 10.5. The highest BCUT2D eigenvalue weighted by Crippen LogP contribution is 2.01. The van der Waals surface area contributed by atoms with E-state index in [1.54, 1.807) is 0 Å². The van der Waals surface area contributed by atoms with Crippen LogP contribution in [0.15, 0.2) is 4.99 Å². The van der Waals surface area contributed by atoms with Gasteiger partial charge in [0.1, 0.15) is 18.1 Å². The zero-order valence-corrected chi connectivity index (χ0v) is 19.1. The number of amides is 5. The zero-order chi connectivity index (χ0) is 26.4. The minimum Gasteiger partial charge on any atom is -0.480 e. The molecule has 0 radical (unpaired) electrons. The number of rotatable bonds is 16. The standard InChI is InChI=1S/C17H31N9O7S/c18-7(2-1-3-23-17(21)22)13(29)24-8(4-11(19)27)14(30)26-10(6-34)15(31)25-9(16(32)33)5-12(20)28/h7-10,34H,1-6,18H2,(H2,19,27)(H2,20,28)(H,24,29)(H,25,31)(H,26,30)(H,32,33)(H4,21,22,23). The summed E-state index contributed by atoms with van der Waals surface area (Å²) in [5.74, 6) is -6.58. The number of aliphatic carboxylic acids is 1. The Balaban J connectivity index is 5.19. The van der Waals surface area contributed by atoms with E-state index in [4.69, 9.17) is 33.8 Å². The Labute approximate surface area is 200 Å². The van der Waals surface area contributed by atoms with Gasteiger partial charge in [0.2, 0.25) is 29.5 Å². The lowest BCUT2D eigenvalue weighted by atomic mass is 10.1. The Hall–Kier alpha value is -3.60. The van der Waals surface area contributed by atoms with Crippen molar-refractivity contribution in [2.75, 3.05) is 12.3 Å². The SMILES string of the molecule is NC(=O)CC(NC(=O)C(CS)NC(=O)C(CC(N)=O)NC(=O)C(N)CCCN=C(N)N)C(=O)O. The van der Waals surface area contributed by atoms with Gasteiger partial charge in [-0.05, 0) is 12.8 Å². The van der Waals surface area contributed by atoms with E-state index in [2.05, 4.69) is 28.3 Å². The molecule has 0 rings (SSSR count). The number of hydrogen-bond acceptors (Lipinski definition) is 9. The maximum absolute atomic E-state index is 12.6. The highest BCUT2D eigenvalue weighted by molar-refractivity contribution is 7.80. The zero-order valence-electron chi connectivity index (χ0n) is 18.2. The van der Waals surface area contributed by atoms with Gasteiger partial charge in [0.25, 0.3) is 0 Å². The van der Waals surface area contributed by atoms with Gasteiger partial charge in [-0.15, -0.1) is 0 Å². The van der Waals surface area contributed by atoms with E-state index in [0.29, 0.717) is 6.42 Å². The molecule has 17 heteroatoms. The van der Waals surface area contributed by atoms with Gasteiger partial charge in [-0.1, -0.05) is 0 Å². The molecule has 34 heavy (non-hydrogen) atoms. The molecular weight excluding hydrogens is 474 g/mol. The molecule has 0 aromatic carbocycles. The van der Waals surface area contributed by atoms with Crippen LogP contribution in [0.3, 0.4) is 0 Å². The van der Waals surface area contributed by atoms with Crippen LogP contribution in [0, 0.1) is 0 Å². The largest absolute Gasteiger partial charge is 0.480 e. The molecule has 0 aliphatic carbocycles. The van der Waals surface area contributed by atoms with Crippen molar-refractivity contribution in [3.8, 4) is 0 Å². The lowest BCUT2D eigenvalue weighted by Gasteiger charge is -2.23. The Morgan fingerprint density at radius 3 is 1.74 bits per heavy atom. The van der Waals surface area contributed by atoms with Crippen molar-refractivity contribution >= 4 is 54.1 Å². The highest BCUT2D eigenvalue weighted by atomic mass is 32.1. The Morgan fingerprint density at radius 2 is 1.26 bits per heavy atom.